The van der Waals surface area contributed by atoms with Crippen LogP contribution in [0.15, 0.2) is 60.7 Å². The molecule has 0 fully saturated rings. The van der Waals surface area contributed by atoms with E-state index >= 15 is 0 Å². The third-order valence-electron chi connectivity index (χ3n) is 3.25. The van der Waals surface area contributed by atoms with Crippen molar-refractivity contribution < 1.29 is 51.8 Å². The third kappa shape index (κ3) is 9.51. The molecule has 12 heteroatoms. The molecule has 0 radical (unpaired) electrons. The molecular formula is C19H18O11S. The molecule has 11 nitrogen and oxygen atoms in total. The summed E-state index contributed by atoms with van der Waals surface area (Å²) in [6, 6.07) is 14.8. The zero-order valence-corrected chi connectivity index (χ0v) is 16.8. The second kappa shape index (κ2) is 11.4. The Balaban J connectivity index is 0.000000861. The Morgan fingerprint density at radius 3 is 1.19 bits per heavy atom. The van der Waals surface area contributed by atoms with E-state index in [4.69, 9.17) is 14.0 Å². The molecule has 0 saturated heterocycles. The Hall–Kier alpha value is -3.77. The summed E-state index contributed by atoms with van der Waals surface area (Å²) in [5.74, 6) is -5.63. The van der Waals surface area contributed by atoms with Gasteiger partial charge in [-0.05, 0) is 24.3 Å². The van der Waals surface area contributed by atoms with Gasteiger partial charge in [0.25, 0.3) is 10.1 Å². The normalized spacial score (nSPS) is 12.3. The summed E-state index contributed by atoms with van der Waals surface area (Å²) in [7, 11) is -3.67. The molecule has 0 amide bonds. The van der Waals surface area contributed by atoms with E-state index in [0.717, 1.165) is 0 Å². The first-order valence-corrected chi connectivity index (χ1v) is 10.1. The summed E-state index contributed by atoms with van der Waals surface area (Å²) < 4.78 is 35.4. The Bertz CT molecular complexity index is 940. The lowest BCUT2D eigenvalue weighted by Crippen LogP contribution is -2.45. The molecule has 3 N–H and O–H groups in total. The van der Waals surface area contributed by atoms with E-state index < -0.39 is 46.2 Å². The first kappa shape index (κ1) is 25.3. The van der Waals surface area contributed by atoms with Crippen molar-refractivity contribution in [3.05, 3.63) is 71.8 Å². The van der Waals surface area contributed by atoms with Gasteiger partial charge in [0.05, 0.1) is 17.4 Å². The minimum absolute atomic E-state index is 0.0253. The quantitative estimate of drug-likeness (QED) is 0.402. The van der Waals surface area contributed by atoms with Crippen molar-refractivity contribution in [3.8, 4) is 0 Å². The molecule has 0 aliphatic heterocycles. The predicted molar refractivity (Wildman–Crippen MR) is 104 cm³/mol. The molecule has 0 spiro atoms. The minimum Gasteiger partial charge on any atom is -0.478 e. The summed E-state index contributed by atoms with van der Waals surface area (Å²) in [6.45, 7) is 0. The lowest BCUT2D eigenvalue weighted by Gasteiger charge is -2.21. The number of hydrogen-bond acceptors (Lipinski definition) is 8. The maximum Gasteiger partial charge on any atom is 0.349 e. The summed E-state index contributed by atoms with van der Waals surface area (Å²) in [5.41, 5.74) is 0.0505. The number of carboxylic acid groups (broad SMARTS) is 2. The van der Waals surface area contributed by atoms with Gasteiger partial charge >= 0.3 is 23.9 Å². The number of carboxylic acids is 2. The summed E-state index contributed by atoms with van der Waals surface area (Å²) >= 11 is 0. The number of hydrogen-bond donors (Lipinski definition) is 3. The zero-order valence-electron chi connectivity index (χ0n) is 15.9. The van der Waals surface area contributed by atoms with Crippen molar-refractivity contribution in [1.82, 2.24) is 0 Å². The average molecular weight is 454 g/mol. The smallest absolute Gasteiger partial charge is 0.349 e. The first-order valence-electron chi connectivity index (χ1n) is 8.30. The monoisotopic (exact) mass is 454 g/mol. The average Bonchev–Trinajstić information content (AvgIpc) is 2.70. The highest BCUT2D eigenvalue weighted by atomic mass is 32.2. The van der Waals surface area contributed by atoms with Crippen LogP contribution < -0.4 is 0 Å². The van der Waals surface area contributed by atoms with Gasteiger partial charge in [0.15, 0.2) is 0 Å². The lowest BCUT2D eigenvalue weighted by molar-refractivity contribution is -0.166. The largest absolute Gasteiger partial charge is 0.478 e. The molecule has 2 atom stereocenters. The van der Waals surface area contributed by atoms with Crippen LogP contribution >= 0.6 is 0 Å². The lowest BCUT2D eigenvalue weighted by atomic mass is 10.1. The zero-order chi connectivity index (χ0) is 23.6. The van der Waals surface area contributed by atoms with Gasteiger partial charge < -0.3 is 19.7 Å². The summed E-state index contributed by atoms with van der Waals surface area (Å²) in [5, 5.41) is 18.5. The molecule has 31 heavy (non-hydrogen) atoms. The fraction of sp³-hybridized carbons (Fsp3) is 0.158. The van der Waals surface area contributed by atoms with E-state index in [0.29, 0.717) is 6.26 Å². The maximum atomic E-state index is 12.0. The van der Waals surface area contributed by atoms with Gasteiger partial charge in [0.2, 0.25) is 12.2 Å². The third-order valence-corrected chi connectivity index (χ3v) is 3.25. The van der Waals surface area contributed by atoms with Gasteiger partial charge in [0, 0.05) is 0 Å². The van der Waals surface area contributed by atoms with Crippen molar-refractivity contribution in [3.63, 3.8) is 0 Å². The topological polar surface area (TPSA) is 182 Å². The molecule has 166 valence electrons. The molecule has 0 unspecified atom stereocenters. The Labute approximate surface area is 176 Å². The highest BCUT2D eigenvalue weighted by Crippen LogP contribution is 2.13. The first-order chi connectivity index (χ1) is 14.4. The standard InChI is InChI=1S/C18H14O8.CH4O3S/c19-15(20)13(25-17(23)11-7-3-1-4-8-11)14(16(21)22)26-18(24)12-9-5-2-6-10-12;1-5(2,3)4/h1-10,13-14H,(H,19,20)(H,21,22);1H3,(H,2,3,4)/t13-,14-;/m0./s1. The fourth-order valence-corrected chi connectivity index (χ4v) is 2.00. The van der Waals surface area contributed by atoms with Gasteiger partial charge in [-0.25, -0.2) is 19.2 Å². The highest BCUT2D eigenvalue weighted by molar-refractivity contribution is 7.85. The SMILES string of the molecule is CS(=O)(=O)O.O=C(O[C@H](C(=O)O)[C@H](OC(=O)c1ccccc1)C(=O)O)c1ccccc1. The second-order valence-electron chi connectivity index (χ2n) is 5.79. The van der Waals surface area contributed by atoms with E-state index in [1.54, 1.807) is 12.1 Å². The van der Waals surface area contributed by atoms with Crippen LogP contribution in [0.3, 0.4) is 0 Å². The van der Waals surface area contributed by atoms with Crippen LogP contribution in [0.5, 0.6) is 0 Å². The number of rotatable bonds is 7. The second-order valence-corrected chi connectivity index (χ2v) is 7.26. The molecule has 2 aromatic carbocycles. The van der Waals surface area contributed by atoms with Crippen LogP contribution in [0.25, 0.3) is 0 Å². The van der Waals surface area contributed by atoms with Crippen molar-refractivity contribution >= 4 is 34.0 Å². The van der Waals surface area contributed by atoms with Crippen LogP contribution in [0.4, 0.5) is 0 Å². The van der Waals surface area contributed by atoms with Gasteiger partial charge in [-0.2, -0.15) is 8.42 Å². The fourth-order valence-electron chi connectivity index (χ4n) is 2.00. The van der Waals surface area contributed by atoms with Gasteiger partial charge in [-0.1, -0.05) is 36.4 Å². The molecular weight excluding hydrogens is 436 g/mol. The number of carbonyl (C=O) groups excluding carboxylic acids is 2. The van der Waals surface area contributed by atoms with Gasteiger partial charge in [-0.3, -0.25) is 4.55 Å². The van der Waals surface area contributed by atoms with Crippen LogP contribution in [-0.4, -0.2) is 65.5 Å². The van der Waals surface area contributed by atoms with Crippen LogP contribution in [-0.2, 0) is 29.2 Å². The highest BCUT2D eigenvalue weighted by Gasteiger charge is 2.40. The predicted octanol–water partition coefficient (Wildman–Crippen LogP) is 1.11. The number of esters is 2. The minimum atomic E-state index is -3.67. The van der Waals surface area contributed by atoms with Crippen molar-refractivity contribution in [2.45, 2.75) is 12.2 Å². The summed E-state index contributed by atoms with van der Waals surface area (Å²) in [4.78, 5) is 46.8. The van der Waals surface area contributed by atoms with E-state index in [9.17, 15) is 37.8 Å². The van der Waals surface area contributed by atoms with E-state index in [2.05, 4.69) is 0 Å². The van der Waals surface area contributed by atoms with Gasteiger partial charge in [-0.15, -0.1) is 0 Å². The molecule has 0 bridgehead atoms. The molecule has 2 rings (SSSR count). The Morgan fingerprint density at radius 1 is 0.710 bits per heavy atom. The molecule has 2 aromatic rings. The van der Waals surface area contributed by atoms with E-state index in [-0.39, 0.29) is 11.1 Å². The van der Waals surface area contributed by atoms with E-state index in [1.807, 2.05) is 0 Å². The van der Waals surface area contributed by atoms with Crippen LogP contribution in [0.1, 0.15) is 20.7 Å². The number of aliphatic carboxylic acids is 2. The van der Waals surface area contributed by atoms with Crippen molar-refractivity contribution in [2.75, 3.05) is 6.26 Å². The summed E-state index contributed by atoms with van der Waals surface area (Å²) in [6.07, 6.45) is -3.71. The number of ether oxygens (including phenoxy) is 2. The van der Waals surface area contributed by atoms with Gasteiger partial charge in [0.1, 0.15) is 0 Å². The molecule has 0 aliphatic rings. The Kier molecular flexibility index (Phi) is 9.31. The van der Waals surface area contributed by atoms with Crippen molar-refractivity contribution in [1.29, 1.82) is 0 Å². The number of carbonyl (C=O) groups is 4. The van der Waals surface area contributed by atoms with Crippen molar-refractivity contribution in [2.24, 2.45) is 0 Å². The number of benzene rings is 2. The molecule has 0 aromatic heterocycles. The molecule has 0 aliphatic carbocycles. The van der Waals surface area contributed by atoms with Crippen LogP contribution in [0, 0.1) is 0 Å². The molecule has 0 saturated carbocycles. The van der Waals surface area contributed by atoms with Crippen LogP contribution in [0.2, 0.25) is 0 Å². The maximum absolute atomic E-state index is 12.0. The molecule has 0 heterocycles. The van der Waals surface area contributed by atoms with E-state index in [1.165, 1.54) is 48.5 Å². The Morgan fingerprint density at radius 2 is 0.968 bits per heavy atom.